The summed E-state index contributed by atoms with van der Waals surface area (Å²) in [5.41, 5.74) is 1.15. The summed E-state index contributed by atoms with van der Waals surface area (Å²) in [6.45, 7) is 1.49. The molecule has 0 saturated heterocycles. The molecule has 0 aliphatic heterocycles. The van der Waals surface area contributed by atoms with Crippen LogP contribution in [-0.2, 0) is 0 Å². The van der Waals surface area contributed by atoms with Crippen molar-refractivity contribution in [3.8, 4) is 0 Å². The number of rotatable bonds is 4. The van der Waals surface area contributed by atoms with Crippen molar-refractivity contribution in [1.82, 2.24) is 9.97 Å². The molecular formula is C13H11N3O3. The van der Waals surface area contributed by atoms with Crippen LogP contribution in [0.1, 0.15) is 27.8 Å². The summed E-state index contributed by atoms with van der Waals surface area (Å²) in [6.07, 6.45) is 2.49. The number of hydrogen-bond acceptors (Lipinski definition) is 5. The largest absolute Gasteiger partial charge is 0.476 e. The molecule has 6 heteroatoms. The molecule has 0 aliphatic rings. The standard InChI is InChI=1S/C13H11N3O3/c1-8(17)9-3-2-4-10(5-9)16-12-7-14-11(6-15-12)13(18)19/h2-7H,1H3,(H,15,16)(H,18,19). The Labute approximate surface area is 109 Å². The van der Waals surface area contributed by atoms with E-state index in [9.17, 15) is 9.59 Å². The fraction of sp³-hybridized carbons (Fsp3) is 0.0769. The zero-order chi connectivity index (χ0) is 13.8. The number of nitrogens with zero attached hydrogens (tertiary/aromatic N) is 2. The highest BCUT2D eigenvalue weighted by Gasteiger charge is 2.05. The highest BCUT2D eigenvalue weighted by Crippen LogP contribution is 2.15. The van der Waals surface area contributed by atoms with Crippen molar-refractivity contribution in [3.05, 3.63) is 47.9 Å². The first-order valence-electron chi connectivity index (χ1n) is 5.49. The molecule has 0 unspecified atom stereocenters. The Hall–Kier alpha value is -2.76. The Kier molecular flexibility index (Phi) is 3.51. The smallest absolute Gasteiger partial charge is 0.356 e. The van der Waals surface area contributed by atoms with Crippen LogP contribution in [0.5, 0.6) is 0 Å². The molecule has 6 nitrogen and oxygen atoms in total. The first-order valence-corrected chi connectivity index (χ1v) is 5.49. The second-order valence-electron chi connectivity index (χ2n) is 3.85. The molecule has 0 atom stereocenters. The van der Waals surface area contributed by atoms with Gasteiger partial charge in [-0.2, -0.15) is 0 Å². The first kappa shape index (κ1) is 12.7. The van der Waals surface area contributed by atoms with E-state index < -0.39 is 5.97 Å². The number of Topliss-reactive ketones (excluding diaryl/α,β-unsaturated/α-hetero) is 1. The van der Waals surface area contributed by atoms with Gasteiger partial charge in [0.15, 0.2) is 11.5 Å². The average molecular weight is 257 g/mol. The number of carbonyl (C=O) groups excluding carboxylic acids is 1. The lowest BCUT2D eigenvalue weighted by atomic mass is 10.1. The van der Waals surface area contributed by atoms with E-state index in [-0.39, 0.29) is 11.5 Å². The van der Waals surface area contributed by atoms with Crippen LogP contribution >= 0.6 is 0 Å². The monoisotopic (exact) mass is 257 g/mol. The lowest BCUT2D eigenvalue weighted by Gasteiger charge is -2.06. The molecule has 1 aromatic heterocycles. The second-order valence-corrected chi connectivity index (χ2v) is 3.85. The predicted octanol–water partition coefficient (Wildman–Crippen LogP) is 2.12. The van der Waals surface area contributed by atoms with Crippen LogP contribution < -0.4 is 5.32 Å². The number of ketones is 1. The highest BCUT2D eigenvalue weighted by atomic mass is 16.4. The summed E-state index contributed by atoms with van der Waals surface area (Å²) in [5, 5.41) is 11.6. The van der Waals surface area contributed by atoms with Crippen molar-refractivity contribution in [2.45, 2.75) is 6.92 Å². The number of carboxylic acid groups (broad SMARTS) is 1. The van der Waals surface area contributed by atoms with Crippen LogP contribution in [0, 0.1) is 0 Å². The summed E-state index contributed by atoms with van der Waals surface area (Å²) >= 11 is 0. The van der Waals surface area contributed by atoms with Gasteiger partial charge in [-0.15, -0.1) is 0 Å². The summed E-state index contributed by atoms with van der Waals surface area (Å²) < 4.78 is 0. The van der Waals surface area contributed by atoms with E-state index in [0.29, 0.717) is 17.1 Å². The van der Waals surface area contributed by atoms with E-state index in [4.69, 9.17) is 5.11 Å². The van der Waals surface area contributed by atoms with E-state index in [2.05, 4.69) is 15.3 Å². The lowest BCUT2D eigenvalue weighted by molar-refractivity contribution is 0.0690. The lowest BCUT2D eigenvalue weighted by Crippen LogP contribution is -2.03. The third-order valence-corrected chi connectivity index (χ3v) is 2.41. The molecule has 1 heterocycles. The van der Waals surface area contributed by atoms with Crippen LogP contribution in [0.2, 0.25) is 0 Å². The Balaban J connectivity index is 2.19. The van der Waals surface area contributed by atoms with Crippen molar-refractivity contribution in [1.29, 1.82) is 0 Å². The maximum atomic E-state index is 11.2. The Bertz CT molecular complexity index is 623. The molecule has 19 heavy (non-hydrogen) atoms. The molecule has 0 fully saturated rings. The minimum atomic E-state index is -1.13. The predicted molar refractivity (Wildman–Crippen MR) is 68.7 cm³/mol. The molecule has 0 bridgehead atoms. The molecule has 2 rings (SSSR count). The molecular weight excluding hydrogens is 246 g/mol. The summed E-state index contributed by atoms with van der Waals surface area (Å²) in [5.74, 6) is -0.751. The molecule has 2 N–H and O–H groups in total. The molecule has 0 radical (unpaired) electrons. The third-order valence-electron chi connectivity index (χ3n) is 2.41. The van der Waals surface area contributed by atoms with E-state index in [1.807, 2.05) is 0 Å². The summed E-state index contributed by atoms with van der Waals surface area (Å²) in [7, 11) is 0. The van der Waals surface area contributed by atoms with Crippen LogP contribution in [-0.4, -0.2) is 26.8 Å². The number of carboxylic acids is 1. The summed E-state index contributed by atoms with van der Waals surface area (Å²) in [6, 6.07) is 6.93. The Morgan fingerprint density at radius 1 is 1.21 bits per heavy atom. The molecule has 0 spiro atoms. The Morgan fingerprint density at radius 3 is 2.58 bits per heavy atom. The van der Waals surface area contributed by atoms with E-state index >= 15 is 0 Å². The van der Waals surface area contributed by atoms with Crippen molar-refractivity contribution in [2.75, 3.05) is 5.32 Å². The van der Waals surface area contributed by atoms with E-state index in [1.165, 1.54) is 19.3 Å². The second kappa shape index (κ2) is 5.26. The van der Waals surface area contributed by atoms with Gasteiger partial charge in [0.1, 0.15) is 5.82 Å². The van der Waals surface area contributed by atoms with Crippen LogP contribution in [0.4, 0.5) is 11.5 Å². The average Bonchev–Trinajstić information content (AvgIpc) is 2.39. The van der Waals surface area contributed by atoms with Gasteiger partial charge in [0.25, 0.3) is 0 Å². The number of nitrogens with one attached hydrogen (secondary N) is 1. The van der Waals surface area contributed by atoms with Gasteiger partial charge in [0, 0.05) is 11.3 Å². The maximum absolute atomic E-state index is 11.2. The van der Waals surface area contributed by atoms with Crippen molar-refractivity contribution >= 4 is 23.3 Å². The number of anilines is 2. The fourth-order valence-corrected chi connectivity index (χ4v) is 1.47. The maximum Gasteiger partial charge on any atom is 0.356 e. The minimum Gasteiger partial charge on any atom is -0.476 e. The van der Waals surface area contributed by atoms with E-state index in [0.717, 1.165) is 0 Å². The summed E-state index contributed by atoms with van der Waals surface area (Å²) in [4.78, 5) is 29.5. The zero-order valence-electron chi connectivity index (χ0n) is 10.1. The normalized spacial score (nSPS) is 9.95. The highest BCUT2D eigenvalue weighted by molar-refractivity contribution is 5.95. The molecule has 0 aliphatic carbocycles. The number of carbonyl (C=O) groups is 2. The number of aromatic carboxylic acids is 1. The van der Waals surface area contributed by atoms with Gasteiger partial charge in [-0.1, -0.05) is 12.1 Å². The van der Waals surface area contributed by atoms with Crippen molar-refractivity contribution in [3.63, 3.8) is 0 Å². The number of hydrogen-bond donors (Lipinski definition) is 2. The van der Waals surface area contributed by atoms with Crippen LogP contribution in [0.3, 0.4) is 0 Å². The number of aromatic nitrogens is 2. The van der Waals surface area contributed by atoms with Gasteiger partial charge in [0.05, 0.1) is 12.4 Å². The van der Waals surface area contributed by atoms with Gasteiger partial charge in [-0.05, 0) is 19.1 Å². The van der Waals surface area contributed by atoms with Crippen LogP contribution in [0.15, 0.2) is 36.7 Å². The number of benzene rings is 1. The van der Waals surface area contributed by atoms with Gasteiger partial charge in [-0.25, -0.2) is 14.8 Å². The quantitative estimate of drug-likeness (QED) is 0.815. The van der Waals surface area contributed by atoms with Crippen molar-refractivity contribution in [2.24, 2.45) is 0 Å². The van der Waals surface area contributed by atoms with Gasteiger partial charge >= 0.3 is 5.97 Å². The Morgan fingerprint density at radius 2 is 2.00 bits per heavy atom. The topological polar surface area (TPSA) is 92.2 Å². The van der Waals surface area contributed by atoms with Crippen molar-refractivity contribution < 1.29 is 14.7 Å². The molecule has 2 aromatic rings. The molecule has 0 amide bonds. The molecule has 96 valence electrons. The molecule has 0 saturated carbocycles. The minimum absolute atomic E-state index is 0.0315. The van der Waals surface area contributed by atoms with Gasteiger partial charge < -0.3 is 10.4 Å². The third kappa shape index (κ3) is 3.12. The first-order chi connectivity index (χ1) is 9.06. The zero-order valence-corrected chi connectivity index (χ0v) is 10.1. The molecule has 1 aromatic carbocycles. The fourth-order valence-electron chi connectivity index (χ4n) is 1.47. The SMILES string of the molecule is CC(=O)c1cccc(Nc2cnc(C(=O)O)cn2)c1. The van der Waals surface area contributed by atoms with Gasteiger partial charge in [0.2, 0.25) is 0 Å². The van der Waals surface area contributed by atoms with Crippen LogP contribution in [0.25, 0.3) is 0 Å². The van der Waals surface area contributed by atoms with E-state index in [1.54, 1.807) is 24.3 Å². The van der Waals surface area contributed by atoms with Gasteiger partial charge in [-0.3, -0.25) is 4.79 Å².